The van der Waals surface area contributed by atoms with Crippen molar-refractivity contribution in [3.8, 4) is 0 Å². The number of fused-ring (bicyclic) bond motifs is 1. The molecule has 34 heavy (non-hydrogen) atoms. The Balaban J connectivity index is 1.74. The minimum Gasteiger partial charge on any atom is -0.361 e. The van der Waals surface area contributed by atoms with Crippen LogP contribution in [0.4, 0.5) is 24.8 Å². The Kier molecular flexibility index (Phi) is 6.00. The van der Waals surface area contributed by atoms with Gasteiger partial charge in [0, 0.05) is 32.6 Å². The lowest BCUT2D eigenvalue weighted by molar-refractivity contribution is 0.0136. The van der Waals surface area contributed by atoms with E-state index in [0.29, 0.717) is 18.1 Å². The van der Waals surface area contributed by atoms with E-state index in [-0.39, 0.29) is 41.5 Å². The van der Waals surface area contributed by atoms with Gasteiger partial charge in [0.05, 0.1) is 28.5 Å². The maximum absolute atomic E-state index is 14.9. The summed E-state index contributed by atoms with van der Waals surface area (Å²) >= 11 is 0. The second kappa shape index (κ2) is 8.53. The zero-order valence-corrected chi connectivity index (χ0v) is 19.5. The van der Waals surface area contributed by atoms with Crippen molar-refractivity contribution in [2.75, 3.05) is 34.8 Å². The first-order valence-electron chi connectivity index (χ1n) is 10.5. The van der Waals surface area contributed by atoms with Gasteiger partial charge in [-0.25, -0.2) is 26.3 Å². The van der Waals surface area contributed by atoms with Gasteiger partial charge in [-0.3, -0.25) is 4.79 Å². The van der Waals surface area contributed by atoms with Crippen molar-refractivity contribution >= 4 is 32.4 Å². The van der Waals surface area contributed by atoms with Crippen molar-refractivity contribution in [1.82, 2.24) is 20.0 Å². The second-order valence-electron chi connectivity index (χ2n) is 8.34. The summed E-state index contributed by atoms with van der Waals surface area (Å²) in [6.07, 6.45) is 0. The van der Waals surface area contributed by atoms with Crippen LogP contribution < -0.4 is 15.8 Å². The maximum atomic E-state index is 14.9. The Morgan fingerprint density at radius 3 is 2.50 bits per heavy atom. The lowest BCUT2D eigenvalue weighted by atomic mass is 10.0. The molecule has 182 valence electrons. The molecule has 2 aromatic heterocycles. The van der Waals surface area contributed by atoms with E-state index in [4.69, 9.17) is 0 Å². The summed E-state index contributed by atoms with van der Waals surface area (Å²) < 4.78 is 67.0. The lowest BCUT2D eigenvalue weighted by Crippen LogP contribution is -2.40. The molecule has 13 heteroatoms. The number of nitrogens with zero attached hydrogens (tertiary/aromatic N) is 5. The fourth-order valence-electron chi connectivity index (χ4n) is 3.83. The first-order chi connectivity index (χ1) is 15.9. The Morgan fingerprint density at radius 2 is 1.85 bits per heavy atom. The maximum Gasteiger partial charge on any atom is 0.295 e. The topological polar surface area (TPSA) is 110 Å². The number of sulfone groups is 1. The normalized spacial score (nSPS) is 17.1. The summed E-state index contributed by atoms with van der Waals surface area (Å²) in [5.74, 6) is -3.89. The highest BCUT2D eigenvalue weighted by atomic mass is 32.2. The van der Waals surface area contributed by atoms with Crippen LogP contribution in [0.15, 0.2) is 29.1 Å². The van der Waals surface area contributed by atoms with Crippen LogP contribution in [0.5, 0.6) is 0 Å². The van der Waals surface area contributed by atoms with Gasteiger partial charge in [0.25, 0.3) is 11.5 Å². The number of benzene rings is 1. The molecule has 9 nitrogen and oxygen atoms in total. The van der Waals surface area contributed by atoms with Gasteiger partial charge in [0.2, 0.25) is 0 Å². The summed E-state index contributed by atoms with van der Waals surface area (Å²) in [6.45, 7) is 2.66. The van der Waals surface area contributed by atoms with E-state index in [2.05, 4.69) is 20.6 Å². The lowest BCUT2D eigenvalue weighted by Gasteiger charge is -2.27. The third kappa shape index (κ3) is 4.56. The summed E-state index contributed by atoms with van der Waals surface area (Å²) in [7, 11) is -1.69. The monoisotopic (exact) mass is 496 g/mol. The summed E-state index contributed by atoms with van der Waals surface area (Å²) in [5, 5.41) is 15.6. The second-order valence-corrected chi connectivity index (χ2v) is 10.6. The standard InChI is InChI=1S/C21H23F3N6O3S/c1-12(13-5-4-6-15(17(13)22)21(2,23)24)25-19-14-11-16(30-7-9-34(32,33)10-8-30)26-27-18(14)20(31)29(3)28-19/h4-6,11-12H,7-10H2,1-3H3,(H,25,28)/t12-/m1/s1. The van der Waals surface area contributed by atoms with Gasteiger partial charge < -0.3 is 10.2 Å². The van der Waals surface area contributed by atoms with Crippen molar-refractivity contribution in [2.45, 2.75) is 25.8 Å². The van der Waals surface area contributed by atoms with Crippen molar-refractivity contribution in [3.63, 3.8) is 0 Å². The molecule has 0 aliphatic carbocycles. The Labute approximate surface area is 193 Å². The van der Waals surface area contributed by atoms with Gasteiger partial charge in [0.1, 0.15) is 5.82 Å². The van der Waals surface area contributed by atoms with Gasteiger partial charge in [0.15, 0.2) is 27.0 Å². The van der Waals surface area contributed by atoms with Crippen LogP contribution in [-0.2, 0) is 22.8 Å². The van der Waals surface area contributed by atoms with Gasteiger partial charge in [-0.05, 0) is 13.0 Å². The predicted molar refractivity (Wildman–Crippen MR) is 121 cm³/mol. The smallest absolute Gasteiger partial charge is 0.295 e. The van der Waals surface area contributed by atoms with E-state index in [9.17, 15) is 26.4 Å². The number of hydrogen-bond acceptors (Lipinski definition) is 8. The van der Waals surface area contributed by atoms with E-state index in [1.165, 1.54) is 19.2 Å². The number of hydrogen-bond donors (Lipinski definition) is 1. The minimum absolute atomic E-state index is 0.00584. The summed E-state index contributed by atoms with van der Waals surface area (Å²) in [4.78, 5) is 14.3. The third-order valence-electron chi connectivity index (χ3n) is 5.77. The molecule has 1 saturated heterocycles. The fourth-order valence-corrected chi connectivity index (χ4v) is 5.03. The molecule has 0 bridgehead atoms. The van der Waals surface area contributed by atoms with Crippen molar-refractivity contribution in [1.29, 1.82) is 0 Å². The van der Waals surface area contributed by atoms with Gasteiger partial charge in [-0.15, -0.1) is 10.2 Å². The fraction of sp³-hybridized carbons (Fsp3) is 0.429. The van der Waals surface area contributed by atoms with Crippen LogP contribution in [0.25, 0.3) is 10.9 Å². The molecule has 0 spiro atoms. The summed E-state index contributed by atoms with van der Waals surface area (Å²) in [5.41, 5.74) is -1.21. The number of aryl methyl sites for hydroxylation is 1. The van der Waals surface area contributed by atoms with E-state index >= 15 is 0 Å². The first kappa shape index (κ1) is 23.9. The van der Waals surface area contributed by atoms with Crippen LogP contribution in [0.3, 0.4) is 0 Å². The van der Waals surface area contributed by atoms with Crippen LogP contribution in [0, 0.1) is 5.82 Å². The summed E-state index contributed by atoms with van der Waals surface area (Å²) in [6, 6.07) is 4.56. The SMILES string of the molecule is C[C@@H](Nc1nn(C)c(=O)c2nnc(N3CCS(=O)(=O)CC3)cc12)c1cccc(C(C)(F)F)c1F. The average molecular weight is 497 g/mol. The predicted octanol–water partition coefficient (Wildman–Crippen LogP) is 2.38. The molecule has 3 aromatic rings. The van der Waals surface area contributed by atoms with Crippen LogP contribution in [0.1, 0.15) is 31.0 Å². The van der Waals surface area contributed by atoms with E-state index < -0.39 is 38.7 Å². The molecule has 1 aliphatic rings. The zero-order valence-electron chi connectivity index (χ0n) is 18.7. The molecule has 0 saturated carbocycles. The Morgan fingerprint density at radius 1 is 1.18 bits per heavy atom. The molecular formula is C21H23F3N6O3S. The van der Waals surface area contributed by atoms with Crippen molar-refractivity contribution in [2.24, 2.45) is 7.05 Å². The highest BCUT2D eigenvalue weighted by Gasteiger charge is 2.30. The Hall–Kier alpha value is -3.22. The van der Waals surface area contributed by atoms with Gasteiger partial charge in [-0.1, -0.05) is 18.2 Å². The molecule has 1 aliphatic heterocycles. The molecular weight excluding hydrogens is 473 g/mol. The van der Waals surface area contributed by atoms with Gasteiger partial charge in [-0.2, -0.15) is 5.10 Å². The van der Waals surface area contributed by atoms with Crippen molar-refractivity contribution < 1.29 is 21.6 Å². The highest BCUT2D eigenvalue weighted by Crippen LogP contribution is 2.33. The average Bonchev–Trinajstić information content (AvgIpc) is 2.76. The largest absolute Gasteiger partial charge is 0.361 e. The molecule has 0 amide bonds. The first-order valence-corrected chi connectivity index (χ1v) is 12.3. The van der Waals surface area contributed by atoms with E-state index in [1.807, 2.05) is 0 Å². The van der Waals surface area contributed by atoms with Gasteiger partial charge >= 0.3 is 0 Å². The molecule has 3 heterocycles. The molecule has 0 radical (unpaired) electrons. The highest BCUT2D eigenvalue weighted by molar-refractivity contribution is 7.91. The molecule has 4 rings (SSSR count). The molecule has 1 atom stereocenters. The van der Waals surface area contributed by atoms with E-state index in [0.717, 1.165) is 10.7 Å². The zero-order chi connectivity index (χ0) is 24.8. The quantitative estimate of drug-likeness (QED) is 0.574. The number of nitrogens with one attached hydrogen (secondary N) is 1. The minimum atomic E-state index is -3.35. The van der Waals surface area contributed by atoms with E-state index in [1.54, 1.807) is 17.9 Å². The number of aromatic nitrogens is 4. The van der Waals surface area contributed by atoms with Crippen LogP contribution >= 0.6 is 0 Å². The molecule has 0 unspecified atom stereocenters. The molecule has 1 fully saturated rings. The molecule has 1 aromatic carbocycles. The van der Waals surface area contributed by atoms with Crippen LogP contribution in [-0.4, -0.2) is 53.0 Å². The Bertz CT molecular complexity index is 1410. The number of anilines is 2. The number of alkyl halides is 2. The third-order valence-corrected chi connectivity index (χ3v) is 7.38. The number of halogens is 3. The molecule has 1 N–H and O–H groups in total. The van der Waals surface area contributed by atoms with Crippen molar-refractivity contribution in [3.05, 3.63) is 51.6 Å². The number of rotatable bonds is 5. The van der Waals surface area contributed by atoms with Crippen LogP contribution in [0.2, 0.25) is 0 Å².